The molecule has 102 valence electrons. The first-order valence-corrected chi connectivity index (χ1v) is 7.13. The molecule has 1 aromatic heterocycles. The third-order valence-electron chi connectivity index (χ3n) is 4.02. The molecule has 0 saturated carbocycles. The molecule has 4 nitrogen and oxygen atoms in total. The van der Waals surface area contributed by atoms with Gasteiger partial charge in [0.15, 0.2) is 0 Å². The predicted molar refractivity (Wildman–Crippen MR) is 72.1 cm³/mol. The van der Waals surface area contributed by atoms with E-state index in [1.54, 1.807) is 6.20 Å². The topological polar surface area (TPSA) is 51.2 Å². The first kappa shape index (κ1) is 12.8. The number of aromatic nitrogens is 1. The lowest BCUT2D eigenvalue weighted by atomic mass is 9.82. The van der Waals surface area contributed by atoms with Gasteiger partial charge in [0, 0.05) is 25.7 Å². The average Bonchev–Trinajstić information content (AvgIpc) is 2.47. The Morgan fingerprint density at radius 3 is 3.32 bits per heavy atom. The molecule has 0 bridgehead atoms. The molecular weight excluding hydrogens is 240 g/mol. The highest BCUT2D eigenvalue weighted by molar-refractivity contribution is 5.86. The summed E-state index contributed by atoms with van der Waals surface area (Å²) in [6.07, 6.45) is 5.41. The van der Waals surface area contributed by atoms with Gasteiger partial charge < -0.3 is 10.1 Å². The van der Waals surface area contributed by atoms with Crippen LogP contribution in [0.25, 0.3) is 0 Å². The van der Waals surface area contributed by atoms with Gasteiger partial charge in [-0.2, -0.15) is 0 Å². The second-order valence-electron chi connectivity index (χ2n) is 5.36. The quantitative estimate of drug-likeness (QED) is 0.893. The number of pyridine rings is 1. The monoisotopic (exact) mass is 260 g/mol. The minimum Gasteiger partial charge on any atom is -0.375 e. The van der Waals surface area contributed by atoms with Crippen LogP contribution in [-0.2, 0) is 16.0 Å². The lowest BCUT2D eigenvalue weighted by Crippen LogP contribution is -2.40. The van der Waals surface area contributed by atoms with Crippen LogP contribution in [0, 0.1) is 0 Å². The summed E-state index contributed by atoms with van der Waals surface area (Å²) in [7, 11) is 0. The third-order valence-corrected chi connectivity index (χ3v) is 4.02. The molecule has 1 aliphatic heterocycles. The van der Waals surface area contributed by atoms with Crippen molar-refractivity contribution in [1.82, 2.24) is 10.3 Å². The molecule has 2 aliphatic rings. The van der Waals surface area contributed by atoms with Gasteiger partial charge >= 0.3 is 0 Å². The number of nitrogens with zero attached hydrogens (tertiary/aromatic N) is 1. The van der Waals surface area contributed by atoms with Gasteiger partial charge in [-0.15, -0.1) is 0 Å². The van der Waals surface area contributed by atoms with Gasteiger partial charge in [0.1, 0.15) is 5.78 Å². The predicted octanol–water partition coefficient (Wildman–Crippen LogP) is 1.45. The van der Waals surface area contributed by atoms with Gasteiger partial charge in [0.25, 0.3) is 0 Å². The molecule has 0 spiro atoms. The van der Waals surface area contributed by atoms with E-state index in [9.17, 15) is 4.79 Å². The molecule has 1 N–H and O–H groups in total. The molecule has 1 saturated heterocycles. The van der Waals surface area contributed by atoms with Crippen LogP contribution in [0.1, 0.15) is 36.4 Å². The second kappa shape index (κ2) is 5.80. The van der Waals surface area contributed by atoms with Crippen molar-refractivity contribution in [2.24, 2.45) is 0 Å². The van der Waals surface area contributed by atoms with Crippen LogP contribution in [0.5, 0.6) is 0 Å². The molecule has 19 heavy (non-hydrogen) atoms. The van der Waals surface area contributed by atoms with Crippen molar-refractivity contribution in [2.75, 3.05) is 19.7 Å². The van der Waals surface area contributed by atoms with Crippen LogP contribution >= 0.6 is 0 Å². The van der Waals surface area contributed by atoms with Gasteiger partial charge in [-0.05, 0) is 30.9 Å². The number of carbonyl (C=O) groups is 1. The zero-order valence-electron chi connectivity index (χ0n) is 11.1. The number of carbonyl (C=O) groups excluding carboxylic acids is 1. The smallest absolute Gasteiger partial charge is 0.144 e. The van der Waals surface area contributed by atoms with Crippen molar-refractivity contribution >= 4 is 5.78 Å². The maximum Gasteiger partial charge on any atom is 0.144 e. The molecule has 1 fully saturated rings. The van der Waals surface area contributed by atoms with E-state index in [0.29, 0.717) is 13.0 Å². The van der Waals surface area contributed by atoms with E-state index in [0.717, 1.165) is 38.0 Å². The van der Waals surface area contributed by atoms with Gasteiger partial charge in [0.05, 0.1) is 24.3 Å². The second-order valence-corrected chi connectivity index (χ2v) is 5.36. The van der Waals surface area contributed by atoms with Gasteiger partial charge in [-0.1, -0.05) is 6.07 Å². The Balaban J connectivity index is 1.70. The highest BCUT2D eigenvalue weighted by atomic mass is 16.5. The standard InChI is InChI=1S/C15H20N2O2/c18-14(9-12-10-16-7-8-19-12)13-5-1-3-11-4-2-6-17-15(11)13/h2,4,6,12-13,16H,1,3,5,7-10H2. The Morgan fingerprint density at radius 2 is 2.47 bits per heavy atom. The maximum absolute atomic E-state index is 12.5. The molecule has 2 atom stereocenters. The number of ketones is 1. The fraction of sp³-hybridized carbons (Fsp3) is 0.600. The molecule has 1 aliphatic carbocycles. The Kier molecular flexibility index (Phi) is 3.89. The van der Waals surface area contributed by atoms with Gasteiger partial charge in [-0.3, -0.25) is 9.78 Å². The number of fused-ring (bicyclic) bond motifs is 1. The lowest BCUT2D eigenvalue weighted by Gasteiger charge is -2.27. The average molecular weight is 260 g/mol. The first-order chi connectivity index (χ1) is 9.34. The van der Waals surface area contributed by atoms with Gasteiger partial charge in [-0.25, -0.2) is 0 Å². The number of hydrogen-bond donors (Lipinski definition) is 1. The van der Waals surface area contributed by atoms with Crippen LogP contribution in [0.4, 0.5) is 0 Å². The fourth-order valence-electron chi connectivity index (χ4n) is 3.04. The Bertz CT molecular complexity index is 455. The zero-order chi connectivity index (χ0) is 13.1. The van der Waals surface area contributed by atoms with Crippen molar-refractivity contribution in [1.29, 1.82) is 0 Å². The highest BCUT2D eigenvalue weighted by Crippen LogP contribution is 2.31. The largest absolute Gasteiger partial charge is 0.375 e. The van der Waals surface area contributed by atoms with Crippen molar-refractivity contribution < 1.29 is 9.53 Å². The number of morpholine rings is 1. The van der Waals surface area contributed by atoms with E-state index in [2.05, 4.69) is 16.4 Å². The number of Topliss-reactive ketones (excluding diaryl/α,β-unsaturated/α-hetero) is 1. The maximum atomic E-state index is 12.5. The molecule has 2 unspecified atom stereocenters. The summed E-state index contributed by atoms with van der Waals surface area (Å²) < 4.78 is 5.62. The first-order valence-electron chi connectivity index (χ1n) is 7.13. The zero-order valence-corrected chi connectivity index (χ0v) is 11.1. The molecule has 1 aromatic rings. The van der Waals surface area contributed by atoms with E-state index in [1.165, 1.54) is 5.56 Å². The molecular formula is C15H20N2O2. The molecule has 4 heteroatoms. The summed E-state index contributed by atoms with van der Waals surface area (Å²) in [4.78, 5) is 16.9. The van der Waals surface area contributed by atoms with Crippen molar-refractivity contribution in [3.63, 3.8) is 0 Å². The Hall–Kier alpha value is -1.26. The summed E-state index contributed by atoms with van der Waals surface area (Å²) >= 11 is 0. The number of hydrogen-bond acceptors (Lipinski definition) is 4. The third kappa shape index (κ3) is 2.85. The highest BCUT2D eigenvalue weighted by Gasteiger charge is 2.29. The number of nitrogens with one attached hydrogen (secondary N) is 1. The van der Waals surface area contributed by atoms with Crippen molar-refractivity contribution in [3.8, 4) is 0 Å². The molecule has 0 aromatic carbocycles. The molecule has 0 amide bonds. The van der Waals surface area contributed by atoms with Crippen LogP contribution in [-0.4, -0.2) is 36.6 Å². The summed E-state index contributed by atoms with van der Waals surface area (Å²) in [5, 5.41) is 3.27. The summed E-state index contributed by atoms with van der Waals surface area (Å²) in [5.41, 5.74) is 2.25. The van der Waals surface area contributed by atoms with Crippen LogP contribution in [0.2, 0.25) is 0 Å². The Morgan fingerprint density at radius 1 is 1.53 bits per heavy atom. The fourth-order valence-corrected chi connectivity index (χ4v) is 3.04. The van der Waals surface area contributed by atoms with Crippen LogP contribution in [0.15, 0.2) is 18.3 Å². The Labute approximate surface area is 113 Å². The number of ether oxygens (including phenoxy) is 1. The SMILES string of the molecule is O=C(CC1CNCCO1)C1CCCc2cccnc21. The minimum absolute atomic E-state index is 0.0181. The van der Waals surface area contributed by atoms with Crippen LogP contribution < -0.4 is 5.32 Å². The minimum atomic E-state index is -0.0181. The summed E-state index contributed by atoms with van der Waals surface area (Å²) in [6.45, 7) is 2.38. The van der Waals surface area contributed by atoms with E-state index in [1.807, 2.05) is 6.07 Å². The van der Waals surface area contributed by atoms with E-state index in [4.69, 9.17) is 4.74 Å². The van der Waals surface area contributed by atoms with Crippen molar-refractivity contribution in [2.45, 2.75) is 37.7 Å². The molecule has 0 radical (unpaired) electrons. The lowest BCUT2D eigenvalue weighted by molar-refractivity contribution is -0.124. The molecule has 3 rings (SSSR count). The van der Waals surface area contributed by atoms with Crippen molar-refractivity contribution in [3.05, 3.63) is 29.6 Å². The number of aryl methyl sites for hydroxylation is 1. The van der Waals surface area contributed by atoms with E-state index >= 15 is 0 Å². The summed E-state index contributed by atoms with van der Waals surface area (Å²) in [5.74, 6) is 0.267. The number of rotatable bonds is 3. The molecule has 2 heterocycles. The van der Waals surface area contributed by atoms with Crippen LogP contribution in [0.3, 0.4) is 0 Å². The van der Waals surface area contributed by atoms with Gasteiger partial charge in [0.2, 0.25) is 0 Å². The normalized spacial score (nSPS) is 26.7. The summed E-state index contributed by atoms with van der Waals surface area (Å²) in [6, 6.07) is 4.06. The van der Waals surface area contributed by atoms with E-state index < -0.39 is 0 Å². The van der Waals surface area contributed by atoms with E-state index in [-0.39, 0.29) is 17.8 Å².